The quantitative estimate of drug-likeness (QED) is 0.601. The third-order valence-electron chi connectivity index (χ3n) is 6.13. The number of thiophene rings is 1. The molecule has 5 nitrogen and oxygen atoms in total. The van der Waals surface area contributed by atoms with Crippen molar-refractivity contribution < 1.29 is 9.59 Å². The number of rotatable bonds is 5. The van der Waals surface area contributed by atoms with Crippen LogP contribution in [0.2, 0.25) is 0 Å². The van der Waals surface area contributed by atoms with Crippen LogP contribution in [0.15, 0.2) is 66.3 Å². The van der Waals surface area contributed by atoms with Crippen molar-refractivity contribution in [1.82, 2.24) is 14.8 Å². The van der Waals surface area contributed by atoms with Gasteiger partial charge in [0.2, 0.25) is 5.91 Å². The molecule has 3 aromatic rings. The van der Waals surface area contributed by atoms with Crippen LogP contribution < -0.4 is 0 Å². The molecular weight excluding hydrogens is 406 g/mol. The predicted molar refractivity (Wildman–Crippen MR) is 124 cm³/mol. The number of pyridine rings is 1. The molecule has 2 aromatic heterocycles. The number of likely N-dealkylation sites (tertiary alicyclic amines) is 1. The topological polar surface area (TPSA) is 53.5 Å². The smallest absolute Gasteiger partial charge is 0.253 e. The van der Waals surface area contributed by atoms with Crippen LogP contribution >= 0.6 is 11.3 Å². The normalized spacial score (nSPS) is 15.5. The lowest BCUT2D eigenvalue weighted by Crippen LogP contribution is -2.51. The molecule has 0 bridgehead atoms. The van der Waals surface area contributed by atoms with Crippen molar-refractivity contribution in [2.45, 2.75) is 19.3 Å². The molecule has 6 heteroatoms. The van der Waals surface area contributed by atoms with E-state index < -0.39 is 5.41 Å². The molecule has 0 N–H and O–H groups in total. The van der Waals surface area contributed by atoms with Crippen LogP contribution in [0.25, 0.3) is 10.4 Å². The second kappa shape index (κ2) is 9.02. The molecule has 4 rings (SSSR count). The first kappa shape index (κ1) is 21.2. The number of carbonyl (C=O) groups excluding carboxylic acids is 2. The number of aromatic nitrogens is 1. The molecule has 1 aliphatic rings. The highest BCUT2D eigenvalue weighted by atomic mass is 32.1. The van der Waals surface area contributed by atoms with Crippen molar-refractivity contribution in [3.8, 4) is 10.4 Å². The molecule has 0 spiro atoms. The molecule has 160 valence electrons. The molecule has 0 aliphatic carbocycles. The summed E-state index contributed by atoms with van der Waals surface area (Å²) in [6.07, 6.45) is 5.26. The third kappa shape index (κ3) is 4.39. The van der Waals surface area contributed by atoms with Gasteiger partial charge in [0.05, 0.1) is 5.41 Å². The second-order valence-electron chi connectivity index (χ2n) is 8.32. The number of hydrogen-bond donors (Lipinski definition) is 0. The zero-order valence-electron chi connectivity index (χ0n) is 18.0. The zero-order valence-corrected chi connectivity index (χ0v) is 18.8. The third-order valence-corrected chi connectivity index (χ3v) is 7.03. The standard InChI is InChI=1S/C25H27N3O2S/c1-27(2)24(30)25(18-20-6-3-4-7-21(20)22-8-5-17-31-22)11-15-28(16-12-25)23(29)19-9-13-26-14-10-19/h3-10,13-14,17H,11-12,15-16,18H2,1-2H3. The summed E-state index contributed by atoms with van der Waals surface area (Å²) >= 11 is 1.71. The van der Waals surface area contributed by atoms with Gasteiger partial charge in [-0.2, -0.15) is 0 Å². The highest BCUT2D eigenvalue weighted by Gasteiger charge is 2.43. The summed E-state index contributed by atoms with van der Waals surface area (Å²) in [6.45, 7) is 1.14. The molecule has 0 saturated carbocycles. The minimum Gasteiger partial charge on any atom is -0.348 e. The fraction of sp³-hybridized carbons (Fsp3) is 0.320. The van der Waals surface area contributed by atoms with E-state index in [4.69, 9.17) is 0 Å². The van der Waals surface area contributed by atoms with Crippen LogP contribution in [0.3, 0.4) is 0 Å². The lowest BCUT2D eigenvalue weighted by molar-refractivity contribution is -0.142. The van der Waals surface area contributed by atoms with E-state index in [1.54, 1.807) is 40.8 Å². The Morgan fingerprint density at radius 1 is 1.03 bits per heavy atom. The summed E-state index contributed by atoms with van der Waals surface area (Å²) < 4.78 is 0. The highest BCUT2D eigenvalue weighted by Crippen LogP contribution is 2.40. The Bertz CT molecular complexity index is 1040. The number of amides is 2. The molecule has 1 fully saturated rings. The SMILES string of the molecule is CN(C)C(=O)C1(Cc2ccccc2-c2cccs2)CCN(C(=O)c2ccncc2)CC1. The van der Waals surface area contributed by atoms with Crippen LogP contribution in [0, 0.1) is 5.41 Å². The van der Waals surface area contributed by atoms with E-state index in [0.717, 1.165) is 0 Å². The van der Waals surface area contributed by atoms with Crippen molar-refractivity contribution >= 4 is 23.2 Å². The maximum atomic E-state index is 13.4. The Morgan fingerprint density at radius 2 is 1.74 bits per heavy atom. The summed E-state index contributed by atoms with van der Waals surface area (Å²) in [7, 11) is 3.65. The highest BCUT2D eigenvalue weighted by molar-refractivity contribution is 7.13. The summed E-state index contributed by atoms with van der Waals surface area (Å²) in [5.41, 5.74) is 2.52. The Labute approximate surface area is 187 Å². The van der Waals surface area contributed by atoms with Gasteiger partial charge in [0.15, 0.2) is 0 Å². The molecule has 31 heavy (non-hydrogen) atoms. The minimum absolute atomic E-state index is 0.00675. The van der Waals surface area contributed by atoms with E-state index in [2.05, 4.69) is 40.7 Å². The van der Waals surface area contributed by atoms with Gasteiger partial charge in [-0.1, -0.05) is 30.3 Å². The maximum absolute atomic E-state index is 13.4. The first-order valence-corrected chi connectivity index (χ1v) is 11.4. The molecular formula is C25H27N3O2S. The molecule has 0 atom stereocenters. The molecule has 1 saturated heterocycles. The van der Waals surface area contributed by atoms with Crippen LogP contribution in [-0.2, 0) is 11.2 Å². The predicted octanol–water partition coefficient (Wildman–Crippen LogP) is 4.36. The first-order valence-electron chi connectivity index (χ1n) is 10.5. The number of carbonyl (C=O) groups is 2. The van der Waals surface area contributed by atoms with Crippen LogP contribution in [0.5, 0.6) is 0 Å². The largest absolute Gasteiger partial charge is 0.348 e. The van der Waals surface area contributed by atoms with E-state index in [0.29, 0.717) is 37.9 Å². The average molecular weight is 434 g/mol. The Kier molecular flexibility index (Phi) is 6.18. The van der Waals surface area contributed by atoms with Crippen molar-refractivity contribution in [3.05, 3.63) is 77.4 Å². The Hall–Kier alpha value is -2.99. The second-order valence-corrected chi connectivity index (χ2v) is 9.27. The van der Waals surface area contributed by atoms with Gasteiger partial charge in [-0.15, -0.1) is 11.3 Å². The summed E-state index contributed by atoms with van der Waals surface area (Å²) in [6, 6.07) is 16.0. The van der Waals surface area contributed by atoms with Gasteiger partial charge in [-0.05, 0) is 54.0 Å². The Morgan fingerprint density at radius 3 is 2.39 bits per heavy atom. The molecule has 2 amide bonds. The number of piperidine rings is 1. The molecule has 1 aliphatic heterocycles. The van der Waals surface area contributed by atoms with Gasteiger partial charge in [0.1, 0.15) is 0 Å². The monoisotopic (exact) mass is 433 g/mol. The van der Waals surface area contributed by atoms with Crippen LogP contribution in [0.4, 0.5) is 0 Å². The maximum Gasteiger partial charge on any atom is 0.253 e. The van der Waals surface area contributed by atoms with Crippen molar-refractivity contribution in [2.24, 2.45) is 5.41 Å². The van der Waals surface area contributed by atoms with Gasteiger partial charge < -0.3 is 9.80 Å². The van der Waals surface area contributed by atoms with Crippen LogP contribution in [0.1, 0.15) is 28.8 Å². The van der Waals surface area contributed by atoms with Crippen molar-refractivity contribution in [3.63, 3.8) is 0 Å². The van der Waals surface area contributed by atoms with E-state index in [9.17, 15) is 9.59 Å². The van der Waals surface area contributed by atoms with E-state index >= 15 is 0 Å². The average Bonchev–Trinajstić information content (AvgIpc) is 3.34. The van der Waals surface area contributed by atoms with E-state index in [1.807, 2.05) is 25.1 Å². The fourth-order valence-corrected chi connectivity index (χ4v) is 5.25. The Balaban J connectivity index is 1.59. The molecule has 0 radical (unpaired) electrons. The van der Waals surface area contributed by atoms with Gasteiger partial charge >= 0.3 is 0 Å². The molecule has 1 aromatic carbocycles. The number of nitrogens with zero attached hydrogens (tertiary/aromatic N) is 3. The summed E-state index contributed by atoms with van der Waals surface area (Å²) in [5, 5.41) is 2.08. The van der Waals surface area contributed by atoms with Gasteiger partial charge in [-0.3, -0.25) is 14.6 Å². The lowest BCUT2D eigenvalue weighted by Gasteiger charge is -2.42. The van der Waals surface area contributed by atoms with Gasteiger partial charge in [-0.25, -0.2) is 0 Å². The lowest BCUT2D eigenvalue weighted by atomic mass is 9.72. The zero-order chi connectivity index (χ0) is 21.8. The molecule has 0 unspecified atom stereocenters. The van der Waals surface area contributed by atoms with E-state index in [-0.39, 0.29) is 11.8 Å². The van der Waals surface area contributed by atoms with E-state index in [1.165, 1.54) is 16.0 Å². The van der Waals surface area contributed by atoms with Gasteiger partial charge in [0, 0.05) is 50.0 Å². The molecule has 3 heterocycles. The van der Waals surface area contributed by atoms with Crippen molar-refractivity contribution in [1.29, 1.82) is 0 Å². The first-order chi connectivity index (χ1) is 15.0. The number of hydrogen-bond acceptors (Lipinski definition) is 4. The number of benzene rings is 1. The minimum atomic E-state index is -0.508. The van der Waals surface area contributed by atoms with Crippen LogP contribution in [-0.4, -0.2) is 53.8 Å². The summed E-state index contributed by atoms with van der Waals surface area (Å²) in [5.74, 6) is 0.150. The van der Waals surface area contributed by atoms with Crippen molar-refractivity contribution in [2.75, 3.05) is 27.2 Å². The summed E-state index contributed by atoms with van der Waals surface area (Å²) in [4.78, 5) is 35.0. The fourth-order valence-electron chi connectivity index (χ4n) is 4.47. The van der Waals surface area contributed by atoms with Gasteiger partial charge in [0.25, 0.3) is 5.91 Å².